The van der Waals surface area contributed by atoms with Gasteiger partial charge in [0.2, 0.25) is 5.95 Å². The van der Waals surface area contributed by atoms with Gasteiger partial charge in [-0.05, 0) is 54.7 Å². The summed E-state index contributed by atoms with van der Waals surface area (Å²) in [6, 6.07) is 12.6. The lowest BCUT2D eigenvalue weighted by Crippen LogP contribution is -2.22. The van der Waals surface area contributed by atoms with E-state index in [9.17, 15) is 18.0 Å². The van der Waals surface area contributed by atoms with Crippen molar-refractivity contribution >= 4 is 28.9 Å². The Kier molecular flexibility index (Phi) is 5.86. The van der Waals surface area contributed by atoms with Gasteiger partial charge in [-0.25, -0.2) is 4.98 Å². The smallest absolute Gasteiger partial charge is 0.339 e. The van der Waals surface area contributed by atoms with Crippen molar-refractivity contribution < 1.29 is 18.0 Å². The van der Waals surface area contributed by atoms with Gasteiger partial charge in [-0.3, -0.25) is 4.79 Å². The number of benzene rings is 2. The van der Waals surface area contributed by atoms with Crippen LogP contribution in [0.2, 0.25) is 0 Å². The summed E-state index contributed by atoms with van der Waals surface area (Å²) in [5.74, 6) is 0.498. The van der Waals surface area contributed by atoms with Crippen molar-refractivity contribution in [2.24, 2.45) is 5.92 Å². The number of carbonyl (C=O) groups excluding carboxylic acids is 1. The normalized spacial score (nSPS) is 15.9. The number of hydrogen-bond acceptors (Lipinski definition) is 5. The van der Waals surface area contributed by atoms with E-state index in [4.69, 9.17) is 0 Å². The number of aromatic nitrogens is 2. The minimum atomic E-state index is -4.47. The summed E-state index contributed by atoms with van der Waals surface area (Å²) in [5.41, 5.74) is 2.32. The molecule has 0 fully saturated rings. The van der Waals surface area contributed by atoms with Crippen molar-refractivity contribution in [3.63, 3.8) is 0 Å². The fourth-order valence-corrected chi connectivity index (χ4v) is 3.78. The molecule has 1 heterocycles. The van der Waals surface area contributed by atoms with Crippen LogP contribution in [-0.4, -0.2) is 15.8 Å². The number of aryl methyl sites for hydroxylation is 1. The lowest BCUT2D eigenvalue weighted by molar-refractivity contribution is -0.137. The molecule has 1 aliphatic carbocycles. The highest BCUT2D eigenvalue weighted by Gasteiger charge is 2.31. The fraction of sp³-hybridized carbons (Fsp3) is 0.292. The third-order valence-electron chi connectivity index (χ3n) is 5.41. The first-order valence-corrected chi connectivity index (χ1v) is 10.5. The molecule has 0 amide bonds. The molecule has 1 aliphatic rings. The average molecular weight is 440 g/mol. The highest BCUT2D eigenvalue weighted by Crippen LogP contribution is 2.34. The Morgan fingerprint density at radius 2 is 1.75 bits per heavy atom. The molecular weight excluding hydrogens is 417 g/mol. The summed E-state index contributed by atoms with van der Waals surface area (Å²) in [6.07, 6.45) is -2.62. The summed E-state index contributed by atoms with van der Waals surface area (Å²) in [6.45, 7) is 4.04. The third kappa shape index (κ3) is 4.74. The molecule has 4 rings (SSSR count). The van der Waals surface area contributed by atoms with Crippen molar-refractivity contribution in [3.8, 4) is 0 Å². The standard InChI is InChI=1S/C24H23F3N4O/c1-3-15-7-9-17(10-8-15)29-23-30-19-11-14(2)12-20(32)21(19)22(31-23)28-18-6-4-5-16(13-18)24(25,26)27/h4-10,13-14H,3,11-12H2,1-2H3,(H2,28,29,30,31). The minimum absolute atomic E-state index is 0.118. The van der Waals surface area contributed by atoms with E-state index in [1.54, 1.807) is 0 Å². The summed E-state index contributed by atoms with van der Waals surface area (Å²) < 4.78 is 39.4. The molecule has 166 valence electrons. The van der Waals surface area contributed by atoms with Crippen LogP contribution < -0.4 is 10.6 Å². The van der Waals surface area contributed by atoms with Crippen LogP contribution in [0, 0.1) is 5.92 Å². The Hall–Kier alpha value is -3.42. The maximum absolute atomic E-state index is 13.1. The third-order valence-corrected chi connectivity index (χ3v) is 5.41. The first kappa shape index (κ1) is 21.8. The van der Waals surface area contributed by atoms with Gasteiger partial charge in [0, 0.05) is 17.8 Å². The number of anilines is 4. The highest BCUT2D eigenvalue weighted by molar-refractivity contribution is 6.03. The predicted molar refractivity (Wildman–Crippen MR) is 118 cm³/mol. The van der Waals surface area contributed by atoms with E-state index in [1.165, 1.54) is 17.7 Å². The summed E-state index contributed by atoms with van der Waals surface area (Å²) in [7, 11) is 0. The zero-order chi connectivity index (χ0) is 22.9. The monoisotopic (exact) mass is 440 g/mol. The second-order valence-corrected chi connectivity index (χ2v) is 8.03. The molecule has 0 bridgehead atoms. The van der Waals surface area contributed by atoms with Crippen LogP contribution >= 0.6 is 0 Å². The van der Waals surface area contributed by atoms with Gasteiger partial charge in [0.1, 0.15) is 5.82 Å². The second-order valence-electron chi connectivity index (χ2n) is 8.03. The predicted octanol–water partition coefficient (Wildman–Crippen LogP) is 6.31. The molecule has 32 heavy (non-hydrogen) atoms. The molecule has 0 radical (unpaired) electrons. The molecule has 5 nitrogen and oxygen atoms in total. The van der Waals surface area contributed by atoms with E-state index >= 15 is 0 Å². The zero-order valence-electron chi connectivity index (χ0n) is 17.8. The van der Waals surface area contributed by atoms with Gasteiger partial charge >= 0.3 is 6.18 Å². The Morgan fingerprint density at radius 3 is 2.44 bits per heavy atom. The number of fused-ring (bicyclic) bond motifs is 1. The van der Waals surface area contributed by atoms with E-state index in [-0.39, 0.29) is 29.2 Å². The van der Waals surface area contributed by atoms with Crippen LogP contribution in [0.3, 0.4) is 0 Å². The van der Waals surface area contributed by atoms with Crippen LogP contribution in [0.25, 0.3) is 0 Å². The highest BCUT2D eigenvalue weighted by atomic mass is 19.4. The van der Waals surface area contributed by atoms with E-state index in [0.717, 1.165) is 24.2 Å². The molecule has 0 saturated heterocycles. The second kappa shape index (κ2) is 8.61. The summed E-state index contributed by atoms with van der Waals surface area (Å²) in [4.78, 5) is 21.8. The summed E-state index contributed by atoms with van der Waals surface area (Å²) >= 11 is 0. The Labute approximate surface area is 184 Å². The SMILES string of the molecule is CCc1ccc(Nc2nc3c(c(Nc4cccc(C(F)(F)F)c4)n2)C(=O)CC(C)C3)cc1. The van der Waals surface area contributed by atoms with Gasteiger partial charge in [0.15, 0.2) is 5.78 Å². The molecule has 2 aromatic carbocycles. The van der Waals surface area contributed by atoms with Gasteiger partial charge in [0.25, 0.3) is 0 Å². The topological polar surface area (TPSA) is 66.9 Å². The Morgan fingerprint density at radius 1 is 1.00 bits per heavy atom. The van der Waals surface area contributed by atoms with Gasteiger partial charge in [-0.2, -0.15) is 18.2 Å². The van der Waals surface area contributed by atoms with E-state index in [2.05, 4.69) is 27.5 Å². The minimum Gasteiger partial charge on any atom is -0.339 e. The number of hydrogen-bond donors (Lipinski definition) is 2. The van der Waals surface area contributed by atoms with E-state index < -0.39 is 11.7 Å². The molecule has 0 spiro atoms. The Bertz CT molecular complexity index is 1140. The largest absolute Gasteiger partial charge is 0.416 e. The fourth-order valence-electron chi connectivity index (χ4n) is 3.78. The number of ketones is 1. The van der Waals surface area contributed by atoms with Crippen LogP contribution in [0.4, 0.5) is 36.3 Å². The number of nitrogens with zero attached hydrogens (tertiary/aromatic N) is 2. The molecule has 1 unspecified atom stereocenters. The molecule has 8 heteroatoms. The maximum Gasteiger partial charge on any atom is 0.416 e. The van der Waals surface area contributed by atoms with Crippen molar-refractivity contribution in [2.45, 2.75) is 39.3 Å². The van der Waals surface area contributed by atoms with Gasteiger partial charge < -0.3 is 10.6 Å². The molecule has 3 aromatic rings. The van der Waals surface area contributed by atoms with Crippen LogP contribution in [0.5, 0.6) is 0 Å². The number of nitrogens with one attached hydrogen (secondary N) is 2. The van der Waals surface area contributed by atoms with Crippen LogP contribution in [0.1, 0.15) is 47.4 Å². The van der Waals surface area contributed by atoms with E-state index in [0.29, 0.717) is 24.1 Å². The number of Topliss-reactive ketones (excluding diaryl/α,β-unsaturated/α-hetero) is 1. The Balaban J connectivity index is 1.72. The van der Waals surface area contributed by atoms with Crippen molar-refractivity contribution in [1.29, 1.82) is 0 Å². The number of rotatable bonds is 5. The first-order chi connectivity index (χ1) is 15.2. The van der Waals surface area contributed by atoms with Crippen molar-refractivity contribution in [1.82, 2.24) is 9.97 Å². The lowest BCUT2D eigenvalue weighted by atomic mass is 9.87. The van der Waals surface area contributed by atoms with Crippen molar-refractivity contribution in [2.75, 3.05) is 10.6 Å². The van der Waals surface area contributed by atoms with E-state index in [1.807, 2.05) is 31.2 Å². The molecule has 1 atom stereocenters. The maximum atomic E-state index is 13.1. The quantitative estimate of drug-likeness (QED) is 0.487. The molecule has 2 N–H and O–H groups in total. The number of halogens is 3. The average Bonchev–Trinajstić information content (AvgIpc) is 2.73. The van der Waals surface area contributed by atoms with Gasteiger partial charge in [-0.15, -0.1) is 0 Å². The van der Waals surface area contributed by atoms with Crippen molar-refractivity contribution in [3.05, 3.63) is 70.9 Å². The summed E-state index contributed by atoms with van der Waals surface area (Å²) in [5, 5.41) is 6.07. The molecule has 0 saturated carbocycles. The lowest BCUT2D eigenvalue weighted by Gasteiger charge is -2.23. The van der Waals surface area contributed by atoms with Gasteiger partial charge in [-0.1, -0.05) is 32.0 Å². The first-order valence-electron chi connectivity index (χ1n) is 10.5. The number of carbonyl (C=O) groups is 1. The number of alkyl halides is 3. The van der Waals surface area contributed by atoms with Crippen LogP contribution in [0.15, 0.2) is 48.5 Å². The molecular formula is C24H23F3N4O. The molecule has 0 aliphatic heterocycles. The van der Waals surface area contributed by atoms with Crippen LogP contribution in [-0.2, 0) is 19.0 Å². The zero-order valence-corrected chi connectivity index (χ0v) is 17.8. The molecule has 1 aromatic heterocycles. The van der Waals surface area contributed by atoms with Gasteiger partial charge in [0.05, 0.1) is 16.8 Å².